The van der Waals surface area contributed by atoms with Crippen LogP contribution in [-0.2, 0) is 10.2 Å². The molecule has 0 amide bonds. The summed E-state index contributed by atoms with van der Waals surface area (Å²) in [5, 5.41) is 11.4. The number of nitrogens with one attached hydrogen (secondary N) is 1. The summed E-state index contributed by atoms with van der Waals surface area (Å²) in [5.41, 5.74) is 1.48. The highest BCUT2D eigenvalue weighted by molar-refractivity contribution is 5.86. The van der Waals surface area contributed by atoms with Crippen molar-refractivity contribution in [3.63, 3.8) is 0 Å². The van der Waals surface area contributed by atoms with Gasteiger partial charge in [0.2, 0.25) is 6.79 Å². The van der Waals surface area contributed by atoms with E-state index in [0.717, 1.165) is 30.9 Å². The molecule has 1 saturated carbocycles. The third-order valence-electron chi connectivity index (χ3n) is 5.46. The summed E-state index contributed by atoms with van der Waals surface area (Å²) in [7, 11) is 1.33. The number of methoxy groups -OCH3 is 1. The number of ether oxygens (including phenoxy) is 3. The quantitative estimate of drug-likeness (QED) is 0.810. The van der Waals surface area contributed by atoms with Crippen LogP contribution in [-0.4, -0.2) is 36.6 Å². The van der Waals surface area contributed by atoms with Crippen LogP contribution in [0.2, 0.25) is 0 Å². The van der Waals surface area contributed by atoms with Gasteiger partial charge in [0.15, 0.2) is 17.2 Å². The Balaban J connectivity index is 1.53. The Labute approximate surface area is 158 Å². The second kappa shape index (κ2) is 7.42. The van der Waals surface area contributed by atoms with Crippen LogP contribution in [0.3, 0.4) is 0 Å². The zero-order chi connectivity index (χ0) is 18.7. The Morgan fingerprint density at radius 1 is 1.11 bits per heavy atom. The minimum absolute atomic E-state index is 0.0158. The number of rotatable bonds is 5. The smallest absolute Gasteiger partial charge is 0.358 e. The van der Waals surface area contributed by atoms with Crippen LogP contribution in [0.15, 0.2) is 30.3 Å². The first kappa shape index (κ1) is 17.6. The molecule has 1 aromatic carbocycles. The van der Waals surface area contributed by atoms with Crippen LogP contribution in [0, 0.1) is 0 Å². The minimum atomic E-state index is -0.488. The SMILES string of the molecule is COC(=O)c1ccc(NCC2(c3ccc4c(c3)OCO4)CCCCC2)nn1. The molecule has 0 spiro atoms. The molecule has 0 unspecified atom stereocenters. The van der Waals surface area contributed by atoms with Gasteiger partial charge >= 0.3 is 5.97 Å². The number of nitrogens with zero attached hydrogens (tertiary/aromatic N) is 2. The van der Waals surface area contributed by atoms with Gasteiger partial charge < -0.3 is 19.5 Å². The van der Waals surface area contributed by atoms with Crippen molar-refractivity contribution in [2.24, 2.45) is 0 Å². The Morgan fingerprint density at radius 2 is 1.93 bits per heavy atom. The van der Waals surface area contributed by atoms with Crippen molar-refractivity contribution in [2.75, 3.05) is 25.8 Å². The van der Waals surface area contributed by atoms with Crippen molar-refractivity contribution in [1.29, 1.82) is 0 Å². The molecular formula is C20H23N3O4. The summed E-state index contributed by atoms with van der Waals surface area (Å²) in [6.45, 7) is 1.03. The van der Waals surface area contributed by atoms with Gasteiger partial charge in [0, 0.05) is 12.0 Å². The van der Waals surface area contributed by atoms with E-state index in [2.05, 4.69) is 32.4 Å². The first-order valence-corrected chi connectivity index (χ1v) is 9.26. The monoisotopic (exact) mass is 369 g/mol. The van der Waals surface area contributed by atoms with Crippen molar-refractivity contribution in [1.82, 2.24) is 10.2 Å². The summed E-state index contributed by atoms with van der Waals surface area (Å²) >= 11 is 0. The zero-order valence-electron chi connectivity index (χ0n) is 15.4. The van der Waals surface area contributed by atoms with Gasteiger partial charge in [-0.1, -0.05) is 25.3 Å². The second-order valence-electron chi connectivity index (χ2n) is 7.06. The molecule has 1 aromatic heterocycles. The third kappa shape index (κ3) is 3.54. The summed E-state index contributed by atoms with van der Waals surface area (Å²) in [5.74, 6) is 1.79. The highest BCUT2D eigenvalue weighted by Crippen LogP contribution is 2.43. The summed E-state index contributed by atoms with van der Waals surface area (Å²) in [6.07, 6.45) is 5.87. The predicted octanol–water partition coefficient (Wildman–Crippen LogP) is 3.31. The van der Waals surface area contributed by atoms with E-state index in [4.69, 9.17) is 9.47 Å². The molecule has 1 aliphatic carbocycles. The second-order valence-corrected chi connectivity index (χ2v) is 7.06. The first-order chi connectivity index (χ1) is 13.2. The Hall–Kier alpha value is -2.83. The fourth-order valence-corrected chi connectivity index (χ4v) is 3.92. The zero-order valence-corrected chi connectivity index (χ0v) is 15.4. The Bertz CT molecular complexity index is 816. The largest absolute Gasteiger partial charge is 0.464 e. The molecule has 4 rings (SSSR count). The maximum absolute atomic E-state index is 11.5. The van der Waals surface area contributed by atoms with E-state index in [-0.39, 0.29) is 17.9 Å². The van der Waals surface area contributed by atoms with Crippen LogP contribution >= 0.6 is 0 Å². The van der Waals surface area contributed by atoms with E-state index in [1.54, 1.807) is 12.1 Å². The molecule has 0 atom stereocenters. The van der Waals surface area contributed by atoms with Crippen LogP contribution in [0.4, 0.5) is 5.82 Å². The molecule has 7 nitrogen and oxygen atoms in total. The highest BCUT2D eigenvalue weighted by Gasteiger charge is 2.35. The molecular weight excluding hydrogens is 346 g/mol. The lowest BCUT2D eigenvalue weighted by atomic mass is 9.69. The van der Waals surface area contributed by atoms with Crippen LogP contribution in [0.25, 0.3) is 0 Å². The number of carbonyl (C=O) groups is 1. The van der Waals surface area contributed by atoms with Gasteiger partial charge in [-0.3, -0.25) is 0 Å². The summed E-state index contributed by atoms with van der Waals surface area (Å²) < 4.78 is 15.7. The fraction of sp³-hybridized carbons (Fsp3) is 0.450. The molecule has 2 aliphatic rings. The van der Waals surface area contributed by atoms with Gasteiger partial charge in [0.05, 0.1) is 7.11 Å². The topological polar surface area (TPSA) is 82.6 Å². The number of carbonyl (C=O) groups excluding carboxylic acids is 1. The van der Waals surface area contributed by atoms with Crippen molar-refractivity contribution < 1.29 is 19.0 Å². The molecule has 2 heterocycles. The van der Waals surface area contributed by atoms with Gasteiger partial charge in [-0.05, 0) is 42.7 Å². The van der Waals surface area contributed by atoms with Crippen molar-refractivity contribution in [3.8, 4) is 11.5 Å². The van der Waals surface area contributed by atoms with E-state index in [1.807, 2.05) is 6.07 Å². The van der Waals surface area contributed by atoms with Gasteiger partial charge in [-0.25, -0.2) is 4.79 Å². The lowest BCUT2D eigenvalue weighted by Crippen LogP contribution is -2.36. The van der Waals surface area contributed by atoms with Crippen LogP contribution < -0.4 is 14.8 Å². The number of esters is 1. The maximum atomic E-state index is 11.5. The summed E-state index contributed by atoms with van der Waals surface area (Å²) in [4.78, 5) is 11.5. The van der Waals surface area contributed by atoms with Crippen molar-refractivity contribution >= 4 is 11.8 Å². The van der Waals surface area contributed by atoms with Gasteiger partial charge in [0.25, 0.3) is 0 Å². The molecule has 0 radical (unpaired) electrons. The fourth-order valence-electron chi connectivity index (χ4n) is 3.92. The van der Waals surface area contributed by atoms with E-state index >= 15 is 0 Å². The van der Waals surface area contributed by atoms with E-state index in [9.17, 15) is 4.79 Å². The molecule has 1 fully saturated rings. The number of anilines is 1. The number of hydrogen-bond acceptors (Lipinski definition) is 7. The Morgan fingerprint density at radius 3 is 2.67 bits per heavy atom. The standard InChI is InChI=1S/C20H23N3O4/c1-25-19(24)15-6-8-18(23-22-15)21-12-20(9-3-2-4-10-20)14-5-7-16-17(11-14)27-13-26-16/h5-8,11H,2-4,9-10,12-13H2,1H3,(H,21,23). The Kier molecular flexibility index (Phi) is 4.83. The highest BCUT2D eigenvalue weighted by atomic mass is 16.7. The van der Waals surface area contributed by atoms with Gasteiger partial charge in [0.1, 0.15) is 5.82 Å². The van der Waals surface area contributed by atoms with Gasteiger partial charge in [-0.2, -0.15) is 0 Å². The minimum Gasteiger partial charge on any atom is -0.464 e. The van der Waals surface area contributed by atoms with Crippen LogP contribution in [0.5, 0.6) is 11.5 Å². The lowest BCUT2D eigenvalue weighted by molar-refractivity contribution is 0.0592. The number of fused-ring (bicyclic) bond motifs is 1. The normalized spacial score (nSPS) is 17.4. The molecule has 7 heteroatoms. The first-order valence-electron chi connectivity index (χ1n) is 9.26. The molecule has 2 aromatic rings. The van der Waals surface area contributed by atoms with E-state index in [1.165, 1.54) is 31.9 Å². The molecule has 142 valence electrons. The van der Waals surface area contributed by atoms with E-state index < -0.39 is 5.97 Å². The molecule has 1 N–H and O–H groups in total. The number of hydrogen-bond donors (Lipinski definition) is 1. The number of aromatic nitrogens is 2. The molecule has 1 aliphatic heterocycles. The van der Waals surface area contributed by atoms with Crippen LogP contribution in [0.1, 0.15) is 48.2 Å². The van der Waals surface area contributed by atoms with E-state index in [0.29, 0.717) is 5.82 Å². The lowest BCUT2D eigenvalue weighted by Gasteiger charge is -2.38. The van der Waals surface area contributed by atoms with Gasteiger partial charge in [-0.15, -0.1) is 10.2 Å². The molecule has 0 saturated heterocycles. The average Bonchev–Trinajstić information content (AvgIpc) is 3.21. The third-order valence-corrected chi connectivity index (χ3v) is 5.46. The van der Waals surface area contributed by atoms with Crippen molar-refractivity contribution in [2.45, 2.75) is 37.5 Å². The summed E-state index contributed by atoms with van der Waals surface area (Å²) in [6, 6.07) is 9.64. The molecule has 27 heavy (non-hydrogen) atoms. The van der Waals surface area contributed by atoms with Crippen molar-refractivity contribution in [3.05, 3.63) is 41.6 Å². The maximum Gasteiger partial charge on any atom is 0.358 e. The number of benzene rings is 1. The predicted molar refractivity (Wildman–Crippen MR) is 99.2 cm³/mol. The average molecular weight is 369 g/mol. The molecule has 0 bridgehead atoms.